The number of amides is 1. The van der Waals surface area contributed by atoms with Gasteiger partial charge in [0.15, 0.2) is 0 Å². The molecule has 0 rings (SSSR count). The minimum Gasteiger partial charge on any atom is -0.366 e. The van der Waals surface area contributed by atoms with E-state index in [0.717, 1.165) is 6.08 Å². The second-order valence-electron chi connectivity index (χ2n) is 3.92. The number of hydrogen-bond donors (Lipinski definition) is 1. The summed E-state index contributed by atoms with van der Waals surface area (Å²) in [7, 11) is 1.34. The maximum Gasteiger partial charge on any atom is 0.240 e. The number of hydrogen-bond acceptors (Lipinski definition) is 1. The van der Waals surface area contributed by atoms with Crippen LogP contribution in [-0.4, -0.2) is 16.1 Å². The summed E-state index contributed by atoms with van der Waals surface area (Å²) in [5.41, 5.74) is 4.53. The molecule has 0 aromatic heterocycles. The standard InChI is InChI=1S/C6H16Si.C3H5NO/c1-4-5-6(2,3)7;1-2-3(4)5/h4-5H2,1-3,7H3;2H,1H2,(H2,4,5). The Morgan fingerprint density at radius 1 is 1.67 bits per heavy atom. The molecule has 0 fully saturated rings. The zero-order valence-electron chi connectivity index (χ0n) is 8.68. The molecule has 0 radical (unpaired) electrons. The number of carbonyl (C=O) groups is 1. The van der Waals surface area contributed by atoms with Gasteiger partial charge in [0.1, 0.15) is 0 Å². The molecule has 0 aliphatic rings. The lowest BCUT2D eigenvalue weighted by Crippen LogP contribution is -2.04. The fourth-order valence-corrected chi connectivity index (χ4v) is 1.25. The summed E-state index contributed by atoms with van der Waals surface area (Å²) in [6, 6.07) is 0. The van der Waals surface area contributed by atoms with E-state index in [9.17, 15) is 4.79 Å². The van der Waals surface area contributed by atoms with Crippen LogP contribution in [0.3, 0.4) is 0 Å². The van der Waals surface area contributed by atoms with Gasteiger partial charge in [-0.05, 0) is 11.1 Å². The molecule has 3 heteroatoms. The van der Waals surface area contributed by atoms with Gasteiger partial charge in [-0.1, -0.05) is 40.2 Å². The monoisotopic (exact) mass is 187 g/mol. The van der Waals surface area contributed by atoms with Crippen LogP contribution in [0.1, 0.15) is 33.6 Å². The Labute approximate surface area is 78.6 Å². The molecule has 0 bridgehead atoms. The molecule has 1 amide bonds. The van der Waals surface area contributed by atoms with E-state index in [1.165, 1.54) is 23.1 Å². The maximum absolute atomic E-state index is 9.47. The first-order valence-corrected chi connectivity index (χ1v) is 5.25. The number of carbonyl (C=O) groups excluding carboxylic acids is 1. The molecule has 0 aliphatic heterocycles. The fraction of sp³-hybridized carbons (Fsp3) is 0.667. The minimum atomic E-state index is -0.481. The molecular formula is C9H21NOSi. The summed E-state index contributed by atoms with van der Waals surface area (Å²) in [4.78, 5) is 9.47. The molecule has 72 valence electrons. The highest BCUT2D eigenvalue weighted by Gasteiger charge is 2.06. The van der Waals surface area contributed by atoms with Gasteiger partial charge in [0, 0.05) is 10.2 Å². The van der Waals surface area contributed by atoms with Crippen LogP contribution in [0.15, 0.2) is 12.7 Å². The number of rotatable bonds is 3. The normalized spacial score (nSPS) is 9.92. The van der Waals surface area contributed by atoms with Crippen LogP contribution in [0.25, 0.3) is 0 Å². The van der Waals surface area contributed by atoms with Crippen LogP contribution in [0, 0.1) is 0 Å². The Morgan fingerprint density at radius 3 is 2.00 bits per heavy atom. The molecule has 2 N–H and O–H groups in total. The SMILES string of the molecule is C=CC(N)=O.CCCC(C)(C)[SiH3]. The predicted molar refractivity (Wildman–Crippen MR) is 58.3 cm³/mol. The largest absolute Gasteiger partial charge is 0.366 e. The van der Waals surface area contributed by atoms with Crippen molar-refractivity contribution in [2.45, 2.75) is 38.7 Å². The van der Waals surface area contributed by atoms with Crippen molar-refractivity contribution in [3.63, 3.8) is 0 Å². The Hall–Kier alpha value is -0.573. The minimum absolute atomic E-state index is 0.481. The van der Waals surface area contributed by atoms with Crippen molar-refractivity contribution in [1.29, 1.82) is 0 Å². The van der Waals surface area contributed by atoms with Crippen LogP contribution in [0.4, 0.5) is 0 Å². The van der Waals surface area contributed by atoms with E-state index in [0.29, 0.717) is 5.04 Å². The van der Waals surface area contributed by atoms with Gasteiger partial charge in [-0.15, -0.1) is 0 Å². The van der Waals surface area contributed by atoms with Gasteiger partial charge in [-0.3, -0.25) is 4.79 Å². The first kappa shape index (κ1) is 14.0. The highest BCUT2D eigenvalue weighted by atomic mass is 28.1. The molecule has 0 spiro atoms. The Bertz CT molecular complexity index is 138. The summed E-state index contributed by atoms with van der Waals surface area (Å²) < 4.78 is 0. The van der Waals surface area contributed by atoms with Crippen molar-refractivity contribution >= 4 is 16.1 Å². The third kappa shape index (κ3) is 22.7. The molecule has 0 unspecified atom stereocenters. The quantitative estimate of drug-likeness (QED) is 0.520. The summed E-state index contributed by atoms with van der Waals surface area (Å²) in [6.45, 7) is 10.0. The van der Waals surface area contributed by atoms with Crippen molar-refractivity contribution < 1.29 is 4.79 Å². The van der Waals surface area contributed by atoms with Crippen molar-refractivity contribution in [1.82, 2.24) is 0 Å². The Kier molecular flexibility index (Phi) is 8.27. The molecule has 12 heavy (non-hydrogen) atoms. The number of primary amides is 1. The lowest BCUT2D eigenvalue weighted by Gasteiger charge is -2.15. The first-order valence-electron chi connectivity index (χ1n) is 4.25. The lowest BCUT2D eigenvalue weighted by molar-refractivity contribution is -0.113. The molecule has 0 aliphatic carbocycles. The zero-order chi connectivity index (χ0) is 10.2. The Balaban J connectivity index is 0. The number of nitrogens with two attached hydrogens (primary N) is 1. The molecular weight excluding hydrogens is 166 g/mol. The van der Waals surface area contributed by atoms with E-state index < -0.39 is 5.91 Å². The highest BCUT2D eigenvalue weighted by Crippen LogP contribution is 2.24. The van der Waals surface area contributed by atoms with Crippen molar-refractivity contribution in [3.8, 4) is 0 Å². The van der Waals surface area contributed by atoms with Crippen molar-refractivity contribution in [2.24, 2.45) is 5.73 Å². The maximum atomic E-state index is 9.47. The zero-order valence-corrected chi connectivity index (χ0v) is 10.7. The van der Waals surface area contributed by atoms with E-state index in [2.05, 4.69) is 33.1 Å². The topological polar surface area (TPSA) is 43.1 Å². The van der Waals surface area contributed by atoms with Gasteiger partial charge < -0.3 is 5.73 Å². The molecule has 0 saturated carbocycles. The third-order valence-electron chi connectivity index (χ3n) is 1.20. The second-order valence-corrected chi connectivity index (χ2v) is 6.62. The molecule has 0 saturated heterocycles. The van der Waals surface area contributed by atoms with Crippen LogP contribution in [0.2, 0.25) is 5.04 Å². The molecule has 0 aromatic rings. The van der Waals surface area contributed by atoms with Crippen LogP contribution in [0.5, 0.6) is 0 Å². The van der Waals surface area contributed by atoms with Crippen LogP contribution in [-0.2, 0) is 4.79 Å². The van der Waals surface area contributed by atoms with E-state index in [4.69, 9.17) is 0 Å². The molecule has 0 heterocycles. The van der Waals surface area contributed by atoms with Gasteiger partial charge in [0.25, 0.3) is 0 Å². The lowest BCUT2D eigenvalue weighted by atomic mass is 10.1. The molecule has 2 nitrogen and oxygen atoms in total. The second kappa shape index (κ2) is 7.10. The predicted octanol–water partition coefficient (Wildman–Crippen LogP) is 1.01. The molecule has 0 aromatic carbocycles. The van der Waals surface area contributed by atoms with E-state index in [-0.39, 0.29) is 0 Å². The van der Waals surface area contributed by atoms with E-state index in [1.54, 1.807) is 0 Å². The van der Waals surface area contributed by atoms with Gasteiger partial charge in [-0.25, -0.2) is 0 Å². The van der Waals surface area contributed by atoms with Gasteiger partial charge >= 0.3 is 0 Å². The van der Waals surface area contributed by atoms with E-state index >= 15 is 0 Å². The average molecular weight is 187 g/mol. The first-order chi connectivity index (χ1) is 5.33. The highest BCUT2D eigenvalue weighted by molar-refractivity contribution is 6.14. The van der Waals surface area contributed by atoms with Crippen molar-refractivity contribution in [3.05, 3.63) is 12.7 Å². The van der Waals surface area contributed by atoms with Gasteiger partial charge in [0.05, 0.1) is 0 Å². The summed E-state index contributed by atoms with van der Waals surface area (Å²) in [5, 5.41) is 0.689. The van der Waals surface area contributed by atoms with Gasteiger partial charge in [0.2, 0.25) is 5.91 Å². The Morgan fingerprint density at radius 2 is 2.00 bits per heavy atom. The summed E-state index contributed by atoms with van der Waals surface area (Å²) in [6.07, 6.45) is 3.80. The van der Waals surface area contributed by atoms with Crippen LogP contribution < -0.4 is 5.73 Å². The summed E-state index contributed by atoms with van der Waals surface area (Å²) >= 11 is 0. The third-order valence-corrected chi connectivity index (χ3v) is 1.70. The van der Waals surface area contributed by atoms with E-state index in [1.807, 2.05) is 0 Å². The smallest absolute Gasteiger partial charge is 0.240 e. The summed E-state index contributed by atoms with van der Waals surface area (Å²) in [5.74, 6) is -0.481. The molecule has 0 atom stereocenters. The van der Waals surface area contributed by atoms with Gasteiger partial charge in [-0.2, -0.15) is 0 Å². The van der Waals surface area contributed by atoms with Crippen molar-refractivity contribution in [2.75, 3.05) is 0 Å². The van der Waals surface area contributed by atoms with Crippen LogP contribution >= 0.6 is 0 Å². The average Bonchev–Trinajstić information content (AvgIpc) is 1.86. The fourth-order valence-electron chi connectivity index (χ4n) is 0.750.